The second-order valence-corrected chi connectivity index (χ2v) is 6.32. The molecule has 0 saturated heterocycles. The predicted octanol–water partition coefficient (Wildman–Crippen LogP) is 3.77. The lowest BCUT2D eigenvalue weighted by atomic mass is 10.0. The standard InChI is InChI=1S/C17H18N2O2S/c1-10(2)21-15(20)9-22-17-14(8-18)7-13-6-5-11(3)12(4)16(13)19-17/h5-7,10H,9H2,1-4H3. The van der Waals surface area contributed by atoms with Gasteiger partial charge in [-0.05, 0) is 44.9 Å². The fourth-order valence-corrected chi connectivity index (χ4v) is 2.82. The summed E-state index contributed by atoms with van der Waals surface area (Å²) in [6.07, 6.45) is -0.141. The van der Waals surface area contributed by atoms with Crippen LogP contribution in [0, 0.1) is 25.2 Å². The highest BCUT2D eigenvalue weighted by Gasteiger charge is 2.13. The van der Waals surface area contributed by atoms with Crippen LogP contribution in [0.1, 0.15) is 30.5 Å². The lowest BCUT2D eigenvalue weighted by Gasteiger charge is -2.10. The molecule has 0 bridgehead atoms. The van der Waals surface area contributed by atoms with Gasteiger partial charge in [0.1, 0.15) is 11.1 Å². The number of esters is 1. The molecule has 1 heterocycles. The van der Waals surface area contributed by atoms with Crippen LogP contribution in [0.15, 0.2) is 23.2 Å². The summed E-state index contributed by atoms with van der Waals surface area (Å²) < 4.78 is 5.11. The fraction of sp³-hybridized carbons (Fsp3) is 0.353. The van der Waals surface area contributed by atoms with Crippen molar-refractivity contribution in [3.63, 3.8) is 0 Å². The zero-order valence-electron chi connectivity index (χ0n) is 13.1. The molecule has 0 aliphatic heterocycles. The molecule has 2 aromatic rings. The van der Waals surface area contributed by atoms with E-state index in [1.807, 2.05) is 45.9 Å². The number of hydrogen-bond acceptors (Lipinski definition) is 5. The number of nitriles is 1. The van der Waals surface area contributed by atoms with Crippen molar-refractivity contribution in [3.8, 4) is 6.07 Å². The van der Waals surface area contributed by atoms with Crippen molar-refractivity contribution in [2.45, 2.75) is 38.8 Å². The van der Waals surface area contributed by atoms with Gasteiger partial charge < -0.3 is 4.74 Å². The summed E-state index contributed by atoms with van der Waals surface area (Å²) >= 11 is 1.24. The second-order valence-electron chi connectivity index (χ2n) is 5.36. The first-order valence-corrected chi connectivity index (χ1v) is 8.04. The molecule has 0 amide bonds. The molecule has 0 spiro atoms. The van der Waals surface area contributed by atoms with Gasteiger partial charge in [0.05, 0.1) is 22.9 Å². The Labute approximate surface area is 134 Å². The number of carbonyl (C=O) groups excluding carboxylic acids is 1. The lowest BCUT2D eigenvalue weighted by Crippen LogP contribution is -2.13. The maximum atomic E-state index is 11.7. The quantitative estimate of drug-likeness (QED) is 0.635. The summed E-state index contributed by atoms with van der Waals surface area (Å²) in [7, 11) is 0. The van der Waals surface area contributed by atoms with E-state index in [9.17, 15) is 10.1 Å². The first-order valence-electron chi connectivity index (χ1n) is 7.05. The van der Waals surface area contributed by atoms with Crippen molar-refractivity contribution in [1.82, 2.24) is 4.98 Å². The van der Waals surface area contributed by atoms with Gasteiger partial charge in [0, 0.05) is 5.39 Å². The SMILES string of the molecule is Cc1ccc2cc(C#N)c(SCC(=O)OC(C)C)nc2c1C. The van der Waals surface area contributed by atoms with Gasteiger partial charge in [-0.15, -0.1) is 0 Å². The minimum atomic E-state index is -0.299. The number of carbonyl (C=O) groups is 1. The Kier molecular flexibility index (Phi) is 5.04. The normalized spacial score (nSPS) is 10.7. The number of aryl methyl sites for hydroxylation is 2. The van der Waals surface area contributed by atoms with E-state index < -0.39 is 0 Å². The zero-order valence-corrected chi connectivity index (χ0v) is 14.0. The largest absolute Gasteiger partial charge is 0.462 e. The number of benzene rings is 1. The minimum Gasteiger partial charge on any atom is -0.462 e. The number of hydrogen-bond donors (Lipinski definition) is 0. The van der Waals surface area contributed by atoms with E-state index in [-0.39, 0.29) is 17.8 Å². The first kappa shape index (κ1) is 16.3. The molecular formula is C17H18N2O2S. The van der Waals surface area contributed by atoms with Gasteiger partial charge >= 0.3 is 5.97 Å². The third-order valence-electron chi connectivity index (χ3n) is 3.29. The van der Waals surface area contributed by atoms with Crippen molar-refractivity contribution in [1.29, 1.82) is 5.26 Å². The molecule has 5 heteroatoms. The Bertz CT molecular complexity index is 763. The van der Waals surface area contributed by atoms with Crippen LogP contribution in [-0.2, 0) is 9.53 Å². The average Bonchev–Trinajstić information content (AvgIpc) is 2.47. The van der Waals surface area contributed by atoms with E-state index in [0.717, 1.165) is 22.0 Å². The molecule has 0 atom stereocenters. The van der Waals surface area contributed by atoms with Crippen molar-refractivity contribution >= 4 is 28.6 Å². The monoisotopic (exact) mass is 314 g/mol. The predicted molar refractivity (Wildman–Crippen MR) is 87.9 cm³/mol. The average molecular weight is 314 g/mol. The van der Waals surface area contributed by atoms with E-state index in [4.69, 9.17) is 4.74 Å². The molecule has 1 aromatic heterocycles. The number of aromatic nitrogens is 1. The van der Waals surface area contributed by atoms with Crippen LogP contribution in [-0.4, -0.2) is 22.8 Å². The molecule has 0 saturated carbocycles. The Morgan fingerprint density at radius 2 is 2.14 bits per heavy atom. The summed E-state index contributed by atoms with van der Waals surface area (Å²) in [4.78, 5) is 16.2. The van der Waals surface area contributed by atoms with Crippen LogP contribution in [0.25, 0.3) is 10.9 Å². The number of thioether (sulfide) groups is 1. The van der Waals surface area contributed by atoms with Crippen molar-refractivity contribution < 1.29 is 9.53 Å². The molecular weight excluding hydrogens is 296 g/mol. The van der Waals surface area contributed by atoms with E-state index in [1.165, 1.54) is 11.8 Å². The fourth-order valence-electron chi connectivity index (χ4n) is 2.08. The third-order valence-corrected chi connectivity index (χ3v) is 4.26. The topological polar surface area (TPSA) is 63.0 Å². The van der Waals surface area contributed by atoms with Crippen molar-refractivity contribution in [2.75, 3.05) is 5.75 Å². The van der Waals surface area contributed by atoms with Crippen molar-refractivity contribution in [2.24, 2.45) is 0 Å². The summed E-state index contributed by atoms with van der Waals surface area (Å²) in [6, 6.07) is 7.96. The molecule has 0 aliphatic rings. The molecule has 2 rings (SSSR count). The molecule has 1 aromatic carbocycles. The first-order chi connectivity index (χ1) is 10.4. The minimum absolute atomic E-state index is 0.141. The van der Waals surface area contributed by atoms with Crippen LogP contribution in [0.2, 0.25) is 0 Å². The summed E-state index contributed by atoms with van der Waals surface area (Å²) in [5.41, 5.74) is 3.60. The maximum absolute atomic E-state index is 11.7. The third kappa shape index (κ3) is 3.58. The Balaban J connectivity index is 2.34. The molecule has 0 radical (unpaired) electrons. The summed E-state index contributed by atoms with van der Waals surface area (Å²) in [5.74, 6) is -0.150. The highest BCUT2D eigenvalue weighted by atomic mass is 32.2. The second kappa shape index (κ2) is 6.80. The summed E-state index contributed by atoms with van der Waals surface area (Å²) in [6.45, 7) is 7.66. The maximum Gasteiger partial charge on any atom is 0.316 e. The molecule has 114 valence electrons. The highest BCUT2D eigenvalue weighted by molar-refractivity contribution is 7.99. The van der Waals surface area contributed by atoms with E-state index in [2.05, 4.69) is 11.1 Å². The van der Waals surface area contributed by atoms with Gasteiger partial charge in [-0.1, -0.05) is 23.9 Å². The number of pyridine rings is 1. The Hall–Kier alpha value is -2.06. The molecule has 22 heavy (non-hydrogen) atoms. The van der Waals surface area contributed by atoms with Crippen LogP contribution in [0.4, 0.5) is 0 Å². The van der Waals surface area contributed by atoms with E-state index in [1.54, 1.807) is 0 Å². The molecule has 0 N–H and O–H groups in total. The van der Waals surface area contributed by atoms with Gasteiger partial charge in [0.15, 0.2) is 0 Å². The van der Waals surface area contributed by atoms with Gasteiger partial charge in [0.25, 0.3) is 0 Å². The molecule has 0 fully saturated rings. The molecule has 0 unspecified atom stereocenters. The van der Waals surface area contributed by atoms with Crippen molar-refractivity contribution in [3.05, 3.63) is 34.9 Å². The number of rotatable bonds is 4. The smallest absolute Gasteiger partial charge is 0.316 e. The number of fused-ring (bicyclic) bond motifs is 1. The summed E-state index contributed by atoms with van der Waals surface area (Å²) in [5, 5.41) is 10.8. The Morgan fingerprint density at radius 1 is 1.41 bits per heavy atom. The van der Waals surface area contributed by atoms with Crippen LogP contribution < -0.4 is 0 Å². The molecule has 4 nitrogen and oxygen atoms in total. The lowest BCUT2D eigenvalue weighted by molar-refractivity contribution is -0.144. The van der Waals surface area contributed by atoms with Crippen LogP contribution in [0.5, 0.6) is 0 Å². The number of ether oxygens (including phenoxy) is 1. The number of nitrogens with zero attached hydrogens (tertiary/aromatic N) is 2. The van der Waals surface area contributed by atoms with Gasteiger partial charge in [0.2, 0.25) is 0 Å². The zero-order chi connectivity index (χ0) is 16.3. The van der Waals surface area contributed by atoms with Gasteiger partial charge in [-0.2, -0.15) is 5.26 Å². The van der Waals surface area contributed by atoms with E-state index >= 15 is 0 Å². The van der Waals surface area contributed by atoms with Crippen LogP contribution in [0.3, 0.4) is 0 Å². The molecule has 0 aliphatic carbocycles. The van der Waals surface area contributed by atoms with Gasteiger partial charge in [-0.25, -0.2) is 4.98 Å². The van der Waals surface area contributed by atoms with E-state index in [0.29, 0.717) is 10.6 Å². The van der Waals surface area contributed by atoms with Gasteiger partial charge in [-0.3, -0.25) is 4.79 Å². The Morgan fingerprint density at radius 3 is 2.77 bits per heavy atom. The van der Waals surface area contributed by atoms with Crippen LogP contribution >= 0.6 is 11.8 Å². The highest BCUT2D eigenvalue weighted by Crippen LogP contribution is 2.27.